The third kappa shape index (κ3) is 3.57. The van der Waals surface area contributed by atoms with Crippen molar-refractivity contribution in [3.05, 3.63) is 33.5 Å². The van der Waals surface area contributed by atoms with Gasteiger partial charge in [-0.05, 0) is 30.8 Å². The van der Waals surface area contributed by atoms with Crippen LogP contribution in [0.2, 0.25) is 0 Å². The number of benzene rings is 1. The van der Waals surface area contributed by atoms with E-state index in [1.54, 1.807) is 12.1 Å². The molecule has 1 fully saturated rings. The van der Waals surface area contributed by atoms with Crippen molar-refractivity contribution in [2.24, 2.45) is 0 Å². The van der Waals surface area contributed by atoms with Gasteiger partial charge in [0.15, 0.2) is 16.6 Å². The number of thiocarbonyl (C=S) groups is 2. The molecule has 7 nitrogen and oxygen atoms in total. The minimum atomic E-state index is -0.449. The fourth-order valence-corrected chi connectivity index (χ4v) is 3.26. The van der Waals surface area contributed by atoms with E-state index in [-0.39, 0.29) is 5.69 Å². The van der Waals surface area contributed by atoms with Gasteiger partial charge in [-0.2, -0.15) is 0 Å². The Morgan fingerprint density at radius 2 is 2.00 bits per heavy atom. The highest BCUT2D eigenvalue weighted by Crippen LogP contribution is 2.37. The maximum Gasteiger partial charge on any atom is 0.280 e. The smallest absolute Gasteiger partial charge is 0.280 e. The van der Waals surface area contributed by atoms with Gasteiger partial charge in [-0.1, -0.05) is 25.6 Å². The minimum absolute atomic E-state index is 0.0701. The van der Waals surface area contributed by atoms with Crippen molar-refractivity contribution in [2.45, 2.75) is 19.8 Å². The third-order valence-corrected chi connectivity index (χ3v) is 4.65. The molecule has 0 bridgehead atoms. The average molecular weight is 379 g/mol. The predicted octanol–water partition coefficient (Wildman–Crippen LogP) is 3.02. The first-order chi connectivity index (χ1) is 12.0. The molecule has 0 aromatic heterocycles. The van der Waals surface area contributed by atoms with E-state index >= 15 is 0 Å². The maximum atomic E-state index is 11.4. The van der Waals surface area contributed by atoms with E-state index < -0.39 is 4.92 Å². The van der Waals surface area contributed by atoms with Gasteiger partial charge in [0.25, 0.3) is 5.69 Å². The molecule has 1 aromatic rings. The summed E-state index contributed by atoms with van der Waals surface area (Å²) in [6.45, 7) is 3.59. The largest absolute Gasteiger partial charge is 0.486 e. The number of ether oxygens (including phenoxy) is 2. The first kappa shape index (κ1) is 17.6. The average Bonchev–Trinajstić information content (AvgIpc) is 2.85. The van der Waals surface area contributed by atoms with Gasteiger partial charge in [-0.3, -0.25) is 10.1 Å². The molecule has 0 aliphatic carbocycles. The number of hydrogen-bond acceptors (Lipinski definition) is 6. The molecular weight excluding hydrogens is 362 g/mol. The monoisotopic (exact) mass is 379 g/mol. The Kier molecular flexibility index (Phi) is 5.14. The summed E-state index contributed by atoms with van der Waals surface area (Å²) < 4.78 is 10.9. The Morgan fingerprint density at radius 3 is 2.64 bits per heavy atom. The summed E-state index contributed by atoms with van der Waals surface area (Å²) >= 11 is 10.8. The zero-order valence-corrected chi connectivity index (χ0v) is 15.2. The van der Waals surface area contributed by atoms with Gasteiger partial charge < -0.3 is 19.7 Å². The molecule has 0 atom stereocenters. The van der Waals surface area contributed by atoms with Crippen LogP contribution in [0.1, 0.15) is 25.3 Å². The van der Waals surface area contributed by atoms with Crippen molar-refractivity contribution < 1.29 is 14.4 Å². The van der Waals surface area contributed by atoms with Crippen LogP contribution in [-0.2, 0) is 0 Å². The highest BCUT2D eigenvalue weighted by molar-refractivity contribution is 7.82. The van der Waals surface area contributed by atoms with Crippen molar-refractivity contribution in [2.75, 3.05) is 19.8 Å². The number of nitrogens with one attached hydrogen (secondary N) is 1. The van der Waals surface area contributed by atoms with Crippen molar-refractivity contribution >= 4 is 46.3 Å². The summed E-state index contributed by atoms with van der Waals surface area (Å²) in [5.74, 6) is 0.861. The van der Waals surface area contributed by atoms with Crippen LogP contribution in [0.3, 0.4) is 0 Å². The Hall–Kier alpha value is -2.26. The number of hydrogen-bond donors (Lipinski definition) is 1. The van der Waals surface area contributed by atoms with E-state index in [0.29, 0.717) is 46.1 Å². The van der Waals surface area contributed by atoms with Gasteiger partial charge in [0, 0.05) is 6.54 Å². The number of nitro groups is 1. The Morgan fingerprint density at radius 1 is 1.32 bits per heavy atom. The molecule has 1 aromatic carbocycles. The molecule has 3 rings (SSSR count). The van der Waals surface area contributed by atoms with Crippen LogP contribution in [-0.4, -0.2) is 39.7 Å². The standard InChI is InChI=1S/C16H17N3O4S2/c1-2-3-4-18-15(24)11(17-16(18)25)7-10-8-13-14(23-6-5-22-13)9-12(10)19(20)21/h7-9H,2-6H2,1H3,(H,17,25)/b11-7-. The summed E-state index contributed by atoms with van der Waals surface area (Å²) in [6.07, 6.45) is 3.62. The molecule has 0 amide bonds. The normalized spacial score (nSPS) is 17.8. The van der Waals surface area contributed by atoms with Gasteiger partial charge in [0.05, 0.1) is 22.3 Å². The molecule has 132 valence electrons. The van der Waals surface area contributed by atoms with Crippen LogP contribution in [0.15, 0.2) is 17.8 Å². The first-order valence-electron chi connectivity index (χ1n) is 7.94. The summed E-state index contributed by atoms with van der Waals surface area (Å²) in [7, 11) is 0. The van der Waals surface area contributed by atoms with E-state index in [2.05, 4.69) is 12.2 Å². The quantitative estimate of drug-likeness (QED) is 0.362. The van der Waals surface area contributed by atoms with Crippen LogP contribution in [0.5, 0.6) is 11.5 Å². The van der Waals surface area contributed by atoms with Crippen LogP contribution in [0.25, 0.3) is 6.08 Å². The molecule has 25 heavy (non-hydrogen) atoms. The summed E-state index contributed by atoms with van der Waals surface area (Å²) in [5, 5.41) is 15.0. The molecule has 2 aliphatic heterocycles. The number of nitro benzene ring substituents is 1. The molecule has 9 heteroatoms. The first-order valence-corrected chi connectivity index (χ1v) is 8.75. The Bertz CT molecular complexity index is 779. The van der Waals surface area contributed by atoms with Crippen molar-refractivity contribution in [1.82, 2.24) is 10.2 Å². The minimum Gasteiger partial charge on any atom is -0.486 e. The molecule has 0 spiro atoms. The van der Waals surface area contributed by atoms with Crippen LogP contribution < -0.4 is 14.8 Å². The number of nitrogens with zero attached hydrogens (tertiary/aromatic N) is 2. The lowest BCUT2D eigenvalue weighted by Gasteiger charge is -2.18. The Balaban J connectivity index is 1.96. The second-order valence-electron chi connectivity index (χ2n) is 5.61. The number of rotatable bonds is 5. The highest BCUT2D eigenvalue weighted by Gasteiger charge is 2.28. The van der Waals surface area contributed by atoms with Crippen LogP contribution >= 0.6 is 24.4 Å². The van der Waals surface area contributed by atoms with E-state index in [9.17, 15) is 10.1 Å². The predicted molar refractivity (Wildman–Crippen MR) is 102 cm³/mol. The van der Waals surface area contributed by atoms with Gasteiger partial charge in [0.2, 0.25) is 0 Å². The highest BCUT2D eigenvalue weighted by atomic mass is 32.1. The van der Waals surface area contributed by atoms with Crippen molar-refractivity contribution in [3.8, 4) is 11.5 Å². The maximum absolute atomic E-state index is 11.4. The second kappa shape index (κ2) is 7.32. The number of unbranched alkanes of at least 4 members (excludes halogenated alkanes) is 1. The van der Waals surface area contributed by atoms with Crippen LogP contribution in [0.4, 0.5) is 5.69 Å². The van der Waals surface area contributed by atoms with Gasteiger partial charge in [-0.25, -0.2) is 0 Å². The molecule has 2 heterocycles. The zero-order valence-electron chi connectivity index (χ0n) is 13.6. The second-order valence-corrected chi connectivity index (χ2v) is 6.38. The lowest BCUT2D eigenvalue weighted by Crippen LogP contribution is -2.30. The van der Waals surface area contributed by atoms with Crippen LogP contribution in [0, 0.1) is 10.1 Å². The van der Waals surface area contributed by atoms with E-state index in [0.717, 1.165) is 19.4 Å². The lowest BCUT2D eigenvalue weighted by molar-refractivity contribution is -0.385. The SMILES string of the molecule is CCCCN1C(=S)N/C(=C\c2cc3c(cc2[N+](=O)[O-])OCCO3)C1=S. The number of fused-ring (bicyclic) bond motifs is 1. The molecule has 2 aliphatic rings. The molecule has 1 N–H and O–H groups in total. The van der Waals surface area contributed by atoms with E-state index in [1.165, 1.54) is 6.07 Å². The van der Waals surface area contributed by atoms with Crippen molar-refractivity contribution in [3.63, 3.8) is 0 Å². The Labute approximate surface area is 155 Å². The van der Waals surface area contributed by atoms with E-state index in [1.807, 2.05) is 4.90 Å². The van der Waals surface area contributed by atoms with Gasteiger partial charge >= 0.3 is 0 Å². The van der Waals surface area contributed by atoms with Gasteiger partial charge in [0.1, 0.15) is 18.2 Å². The molecular formula is C16H17N3O4S2. The molecule has 0 radical (unpaired) electrons. The fraction of sp³-hybridized carbons (Fsp3) is 0.375. The lowest BCUT2D eigenvalue weighted by atomic mass is 10.1. The molecule has 0 unspecified atom stereocenters. The van der Waals surface area contributed by atoms with Gasteiger partial charge in [-0.15, -0.1) is 0 Å². The summed E-state index contributed by atoms with van der Waals surface area (Å²) in [5.41, 5.74) is 0.898. The fourth-order valence-electron chi connectivity index (χ4n) is 2.61. The van der Waals surface area contributed by atoms with E-state index in [4.69, 9.17) is 33.9 Å². The topological polar surface area (TPSA) is 76.9 Å². The zero-order chi connectivity index (χ0) is 18.0. The summed E-state index contributed by atoms with van der Waals surface area (Å²) in [4.78, 5) is 13.4. The van der Waals surface area contributed by atoms with Crippen molar-refractivity contribution in [1.29, 1.82) is 0 Å². The third-order valence-electron chi connectivity index (χ3n) is 3.89. The molecule has 1 saturated heterocycles. The molecule has 0 saturated carbocycles. The summed E-state index contributed by atoms with van der Waals surface area (Å²) in [6, 6.07) is 2.98.